The van der Waals surface area contributed by atoms with Crippen molar-refractivity contribution >= 4 is 34.4 Å². The topological polar surface area (TPSA) is 78.1 Å². The molecule has 0 saturated carbocycles. The van der Waals surface area contributed by atoms with Crippen molar-refractivity contribution < 1.29 is 9.53 Å². The molecule has 1 aromatic rings. The van der Waals surface area contributed by atoms with E-state index in [4.69, 9.17) is 10.5 Å². The molecule has 0 aliphatic carbocycles. The van der Waals surface area contributed by atoms with Crippen LogP contribution in [0.3, 0.4) is 0 Å². The first-order valence-electron chi connectivity index (χ1n) is 3.60. The van der Waals surface area contributed by atoms with Crippen LogP contribution in [0.1, 0.15) is 6.92 Å². The summed E-state index contributed by atoms with van der Waals surface area (Å²) in [5.41, 5.74) is 5.36. The van der Waals surface area contributed by atoms with Gasteiger partial charge in [0.25, 0.3) is 0 Å². The van der Waals surface area contributed by atoms with Gasteiger partial charge in [0.05, 0.1) is 12.4 Å². The van der Waals surface area contributed by atoms with Crippen LogP contribution in [0.2, 0.25) is 0 Å². The number of carbonyl (C=O) groups is 1. The molecule has 0 amide bonds. The molecule has 1 aromatic heterocycles. The molecule has 0 saturated heterocycles. The van der Waals surface area contributed by atoms with Crippen LogP contribution in [0.4, 0.5) is 5.13 Å². The van der Waals surface area contributed by atoms with E-state index in [0.29, 0.717) is 16.9 Å². The maximum atomic E-state index is 10.9. The Kier molecular flexibility index (Phi) is 3.97. The van der Waals surface area contributed by atoms with Crippen molar-refractivity contribution in [1.82, 2.24) is 9.36 Å². The van der Waals surface area contributed by atoms with Crippen LogP contribution in [-0.4, -0.2) is 27.7 Å². The van der Waals surface area contributed by atoms with Crippen molar-refractivity contribution in [3.8, 4) is 0 Å². The number of hydrogen-bond acceptors (Lipinski definition) is 7. The Morgan fingerprint density at radius 1 is 1.77 bits per heavy atom. The lowest BCUT2D eigenvalue weighted by atomic mass is 10.8. The molecule has 1 heterocycles. The second-order valence-corrected chi connectivity index (χ2v) is 3.73. The van der Waals surface area contributed by atoms with Gasteiger partial charge in [-0.15, -0.1) is 0 Å². The quantitative estimate of drug-likeness (QED) is 0.595. The Hall–Kier alpha value is -0.820. The van der Waals surface area contributed by atoms with Gasteiger partial charge in [0.1, 0.15) is 0 Å². The second kappa shape index (κ2) is 5.03. The van der Waals surface area contributed by atoms with Gasteiger partial charge in [-0.25, -0.2) is 0 Å². The van der Waals surface area contributed by atoms with E-state index in [1.165, 1.54) is 11.8 Å². The van der Waals surface area contributed by atoms with Crippen LogP contribution in [-0.2, 0) is 9.53 Å². The molecule has 5 nitrogen and oxygen atoms in total. The number of nitrogens with zero attached hydrogens (tertiary/aromatic N) is 2. The number of ether oxygens (including phenoxy) is 1. The van der Waals surface area contributed by atoms with Gasteiger partial charge >= 0.3 is 5.97 Å². The zero-order chi connectivity index (χ0) is 9.68. The lowest BCUT2D eigenvalue weighted by Crippen LogP contribution is -2.06. The van der Waals surface area contributed by atoms with E-state index in [1.807, 2.05) is 0 Å². The lowest BCUT2D eigenvalue weighted by Gasteiger charge is -1.97. The fourth-order valence-electron chi connectivity index (χ4n) is 0.606. The van der Waals surface area contributed by atoms with Crippen molar-refractivity contribution in [3.05, 3.63) is 0 Å². The Morgan fingerprint density at radius 3 is 3.08 bits per heavy atom. The maximum Gasteiger partial charge on any atom is 0.316 e. The number of aromatic nitrogens is 2. The molecule has 0 bridgehead atoms. The van der Waals surface area contributed by atoms with Crippen LogP contribution in [0.5, 0.6) is 0 Å². The van der Waals surface area contributed by atoms with Gasteiger partial charge < -0.3 is 10.5 Å². The van der Waals surface area contributed by atoms with Gasteiger partial charge in [-0.05, 0) is 6.92 Å². The van der Waals surface area contributed by atoms with Crippen LogP contribution in [0.25, 0.3) is 0 Å². The van der Waals surface area contributed by atoms with Crippen molar-refractivity contribution in [1.29, 1.82) is 0 Å². The van der Waals surface area contributed by atoms with Gasteiger partial charge in [-0.2, -0.15) is 9.36 Å². The molecule has 0 aliphatic rings. The number of hydrogen-bond donors (Lipinski definition) is 1. The second-order valence-electron chi connectivity index (χ2n) is 2.01. The van der Waals surface area contributed by atoms with Crippen LogP contribution >= 0.6 is 23.3 Å². The van der Waals surface area contributed by atoms with Gasteiger partial charge in [-0.1, -0.05) is 11.8 Å². The third-order valence-corrected chi connectivity index (χ3v) is 2.53. The summed E-state index contributed by atoms with van der Waals surface area (Å²) in [6, 6.07) is 0. The Morgan fingerprint density at radius 2 is 2.54 bits per heavy atom. The number of anilines is 1. The molecule has 0 aromatic carbocycles. The van der Waals surface area contributed by atoms with E-state index in [0.717, 1.165) is 11.5 Å². The minimum atomic E-state index is -0.263. The van der Waals surface area contributed by atoms with Crippen LogP contribution in [0, 0.1) is 0 Å². The Labute approximate surface area is 83.8 Å². The Bertz CT molecular complexity index is 289. The third kappa shape index (κ3) is 3.60. The highest BCUT2D eigenvalue weighted by Gasteiger charge is 2.06. The summed E-state index contributed by atoms with van der Waals surface area (Å²) in [4.78, 5) is 14.8. The molecule has 0 fully saturated rings. The maximum absolute atomic E-state index is 10.9. The number of thioether (sulfide) groups is 1. The average Bonchev–Trinajstić information content (AvgIpc) is 2.49. The molecule has 72 valence electrons. The SMILES string of the molecule is CCOC(=O)CSc1nsc(N)n1. The van der Waals surface area contributed by atoms with E-state index in [1.54, 1.807) is 6.92 Å². The molecule has 1 rings (SSSR count). The van der Waals surface area contributed by atoms with Crippen LogP contribution < -0.4 is 5.73 Å². The van der Waals surface area contributed by atoms with E-state index in [9.17, 15) is 4.79 Å². The first kappa shape index (κ1) is 10.3. The molecule has 0 aliphatic heterocycles. The summed E-state index contributed by atoms with van der Waals surface area (Å²) in [5.74, 6) is -0.0369. The number of carbonyl (C=O) groups excluding carboxylic acids is 1. The summed E-state index contributed by atoms with van der Waals surface area (Å²) < 4.78 is 8.64. The average molecular weight is 219 g/mol. The van der Waals surface area contributed by atoms with Gasteiger partial charge in [0.2, 0.25) is 10.3 Å². The van der Waals surface area contributed by atoms with Crippen molar-refractivity contribution in [3.63, 3.8) is 0 Å². The van der Waals surface area contributed by atoms with Gasteiger partial charge in [0.15, 0.2) is 0 Å². The standard InChI is InChI=1S/C6H9N3O2S2/c1-2-11-4(10)3-12-6-8-5(7)13-9-6/h2-3H2,1H3,(H2,7,8,9). The fourth-order valence-corrected chi connectivity index (χ4v) is 1.82. The molecule has 0 spiro atoms. The van der Waals surface area contributed by atoms with Crippen molar-refractivity contribution in [2.45, 2.75) is 12.1 Å². The molecule has 0 unspecified atom stereocenters. The highest BCUT2D eigenvalue weighted by atomic mass is 32.2. The largest absolute Gasteiger partial charge is 0.465 e. The van der Waals surface area contributed by atoms with E-state index in [2.05, 4.69) is 9.36 Å². The summed E-state index contributed by atoms with van der Waals surface area (Å²) in [6.45, 7) is 2.16. The van der Waals surface area contributed by atoms with E-state index in [-0.39, 0.29) is 11.7 Å². The molecule has 0 radical (unpaired) electrons. The monoisotopic (exact) mass is 219 g/mol. The predicted molar refractivity (Wildman–Crippen MR) is 51.7 cm³/mol. The number of nitrogen functional groups attached to an aromatic ring is 1. The summed E-state index contributed by atoms with van der Waals surface area (Å²) >= 11 is 2.34. The van der Waals surface area contributed by atoms with Gasteiger partial charge in [0, 0.05) is 11.5 Å². The smallest absolute Gasteiger partial charge is 0.316 e. The summed E-state index contributed by atoms with van der Waals surface area (Å²) in [7, 11) is 0. The van der Waals surface area contributed by atoms with E-state index >= 15 is 0 Å². The zero-order valence-corrected chi connectivity index (χ0v) is 8.65. The first-order valence-corrected chi connectivity index (χ1v) is 5.36. The zero-order valence-electron chi connectivity index (χ0n) is 7.02. The molecule has 0 atom stereocenters. The first-order chi connectivity index (χ1) is 6.22. The minimum Gasteiger partial charge on any atom is -0.465 e. The Balaban J connectivity index is 2.30. The predicted octanol–water partition coefficient (Wildman–Crippen LogP) is 0.775. The minimum absolute atomic E-state index is 0.226. The molecule has 7 heteroatoms. The lowest BCUT2D eigenvalue weighted by molar-refractivity contribution is -0.139. The molecule has 13 heavy (non-hydrogen) atoms. The highest BCUT2D eigenvalue weighted by Crippen LogP contribution is 2.17. The van der Waals surface area contributed by atoms with E-state index < -0.39 is 0 Å². The van der Waals surface area contributed by atoms with Crippen LogP contribution in [0.15, 0.2) is 5.16 Å². The number of esters is 1. The number of nitrogens with two attached hydrogens (primary N) is 1. The third-order valence-electron chi connectivity index (χ3n) is 1.05. The highest BCUT2D eigenvalue weighted by molar-refractivity contribution is 7.99. The summed E-state index contributed by atoms with van der Waals surface area (Å²) in [6.07, 6.45) is 0. The normalized spacial score (nSPS) is 9.92. The molecule has 2 N–H and O–H groups in total. The van der Waals surface area contributed by atoms with Crippen molar-refractivity contribution in [2.24, 2.45) is 0 Å². The van der Waals surface area contributed by atoms with Gasteiger partial charge in [-0.3, -0.25) is 4.79 Å². The molecular weight excluding hydrogens is 210 g/mol. The summed E-state index contributed by atoms with van der Waals surface area (Å²) in [5, 5.41) is 0.932. The number of rotatable bonds is 4. The molecular formula is C6H9N3O2S2. The van der Waals surface area contributed by atoms with Crippen molar-refractivity contribution in [2.75, 3.05) is 18.1 Å². The fraction of sp³-hybridized carbons (Fsp3) is 0.500.